The van der Waals surface area contributed by atoms with Crippen molar-refractivity contribution in [2.75, 3.05) is 0 Å². The number of aryl methyl sites for hydroxylation is 1. The molecule has 0 saturated heterocycles. The Balaban J connectivity index is 2.42. The molecule has 0 fully saturated rings. The number of hydrogen-bond donors (Lipinski definition) is 0. The summed E-state index contributed by atoms with van der Waals surface area (Å²) in [7, 11) is 0. The molecule has 0 N–H and O–H groups in total. The van der Waals surface area contributed by atoms with Gasteiger partial charge in [-0.3, -0.25) is 9.97 Å². The van der Waals surface area contributed by atoms with Gasteiger partial charge in [0.1, 0.15) is 0 Å². The zero-order chi connectivity index (χ0) is 9.26. The molecule has 0 bridgehead atoms. The quantitative estimate of drug-likeness (QED) is 0.654. The molecule has 2 rings (SSSR count). The standard InChI is InChI=1S/C11H14N2/c1-8(2)11-7-12-9-5-3-4-6-10(9)13-11/h3,5,7-8H,4,6H2,1-2H3. The number of allylic oxidation sites excluding steroid dienone is 1. The third-order valence-electron chi connectivity index (χ3n) is 2.31. The summed E-state index contributed by atoms with van der Waals surface area (Å²) in [6, 6.07) is 0. The molecule has 68 valence electrons. The minimum Gasteiger partial charge on any atom is -0.254 e. The topological polar surface area (TPSA) is 25.8 Å². The monoisotopic (exact) mass is 174 g/mol. The first-order chi connectivity index (χ1) is 6.27. The summed E-state index contributed by atoms with van der Waals surface area (Å²) >= 11 is 0. The van der Waals surface area contributed by atoms with E-state index in [4.69, 9.17) is 0 Å². The van der Waals surface area contributed by atoms with Crippen LogP contribution < -0.4 is 0 Å². The zero-order valence-corrected chi connectivity index (χ0v) is 8.12. The van der Waals surface area contributed by atoms with Gasteiger partial charge in [0, 0.05) is 6.20 Å². The molecule has 2 nitrogen and oxygen atoms in total. The number of aromatic nitrogens is 2. The van der Waals surface area contributed by atoms with Crippen molar-refractivity contribution in [2.45, 2.75) is 32.6 Å². The molecule has 0 atom stereocenters. The van der Waals surface area contributed by atoms with Crippen LogP contribution in [0.5, 0.6) is 0 Å². The average molecular weight is 174 g/mol. The van der Waals surface area contributed by atoms with Crippen molar-refractivity contribution >= 4 is 6.08 Å². The molecule has 0 aromatic carbocycles. The smallest absolute Gasteiger partial charge is 0.0842 e. The Kier molecular flexibility index (Phi) is 2.13. The van der Waals surface area contributed by atoms with Crippen molar-refractivity contribution in [1.29, 1.82) is 0 Å². The van der Waals surface area contributed by atoms with Crippen LogP contribution in [0.25, 0.3) is 6.08 Å². The lowest BCUT2D eigenvalue weighted by atomic mass is 10.1. The SMILES string of the molecule is CC(C)c1cnc2c(n1)CCC=C2. The lowest BCUT2D eigenvalue weighted by Crippen LogP contribution is -2.04. The lowest BCUT2D eigenvalue weighted by Gasteiger charge is -2.11. The number of rotatable bonds is 1. The van der Waals surface area contributed by atoms with Crippen molar-refractivity contribution in [3.8, 4) is 0 Å². The fourth-order valence-corrected chi connectivity index (χ4v) is 1.47. The van der Waals surface area contributed by atoms with E-state index in [1.165, 1.54) is 0 Å². The van der Waals surface area contributed by atoms with Crippen LogP contribution in [0.1, 0.15) is 43.3 Å². The van der Waals surface area contributed by atoms with Gasteiger partial charge in [-0.2, -0.15) is 0 Å². The van der Waals surface area contributed by atoms with Crippen molar-refractivity contribution in [3.05, 3.63) is 29.4 Å². The maximum atomic E-state index is 4.60. The predicted octanol–water partition coefficient (Wildman–Crippen LogP) is 2.56. The van der Waals surface area contributed by atoms with E-state index in [1.807, 2.05) is 6.20 Å². The Morgan fingerprint density at radius 2 is 2.23 bits per heavy atom. The molecule has 0 radical (unpaired) electrons. The van der Waals surface area contributed by atoms with Crippen LogP contribution in [-0.4, -0.2) is 9.97 Å². The third-order valence-corrected chi connectivity index (χ3v) is 2.31. The summed E-state index contributed by atoms with van der Waals surface area (Å²) < 4.78 is 0. The minimum absolute atomic E-state index is 0.476. The predicted molar refractivity (Wildman–Crippen MR) is 53.5 cm³/mol. The van der Waals surface area contributed by atoms with Crippen molar-refractivity contribution in [2.24, 2.45) is 0 Å². The molecule has 0 amide bonds. The second kappa shape index (κ2) is 3.29. The molecule has 1 aromatic rings. The highest BCUT2D eigenvalue weighted by molar-refractivity contribution is 5.49. The maximum Gasteiger partial charge on any atom is 0.0842 e. The minimum atomic E-state index is 0.476. The van der Waals surface area contributed by atoms with Gasteiger partial charge in [0.05, 0.1) is 17.1 Å². The van der Waals surface area contributed by atoms with E-state index in [9.17, 15) is 0 Å². The van der Waals surface area contributed by atoms with Crippen molar-refractivity contribution in [1.82, 2.24) is 9.97 Å². The number of fused-ring (bicyclic) bond motifs is 1. The highest BCUT2D eigenvalue weighted by Crippen LogP contribution is 2.18. The van der Waals surface area contributed by atoms with Gasteiger partial charge in [-0.05, 0) is 24.8 Å². The summed E-state index contributed by atoms with van der Waals surface area (Å²) in [6.07, 6.45) is 8.25. The van der Waals surface area contributed by atoms with Crippen LogP contribution >= 0.6 is 0 Å². The largest absolute Gasteiger partial charge is 0.254 e. The fourth-order valence-electron chi connectivity index (χ4n) is 1.47. The third kappa shape index (κ3) is 1.62. The van der Waals surface area contributed by atoms with E-state index in [1.54, 1.807) is 0 Å². The molecular weight excluding hydrogens is 160 g/mol. The Labute approximate surface area is 78.7 Å². The van der Waals surface area contributed by atoms with Crippen LogP contribution in [-0.2, 0) is 6.42 Å². The molecule has 1 aliphatic rings. The Morgan fingerprint density at radius 3 is 3.00 bits per heavy atom. The average Bonchev–Trinajstić information content (AvgIpc) is 2.17. The molecule has 0 unspecified atom stereocenters. The van der Waals surface area contributed by atoms with E-state index < -0.39 is 0 Å². The second-order valence-electron chi connectivity index (χ2n) is 3.72. The molecule has 0 spiro atoms. The second-order valence-corrected chi connectivity index (χ2v) is 3.72. The summed E-state index contributed by atoms with van der Waals surface area (Å²) in [6.45, 7) is 4.30. The first-order valence-corrected chi connectivity index (χ1v) is 4.79. The van der Waals surface area contributed by atoms with E-state index >= 15 is 0 Å². The normalized spacial score (nSPS) is 14.7. The van der Waals surface area contributed by atoms with Crippen LogP contribution in [0.2, 0.25) is 0 Å². The molecule has 2 heteroatoms. The van der Waals surface area contributed by atoms with Gasteiger partial charge in [-0.1, -0.05) is 19.9 Å². The fraction of sp³-hybridized carbons (Fsp3) is 0.455. The molecule has 1 heterocycles. The van der Waals surface area contributed by atoms with E-state index in [0.29, 0.717) is 5.92 Å². The first kappa shape index (κ1) is 8.42. The lowest BCUT2D eigenvalue weighted by molar-refractivity contribution is 0.779. The van der Waals surface area contributed by atoms with Crippen molar-refractivity contribution < 1.29 is 0 Å². The van der Waals surface area contributed by atoms with E-state index in [0.717, 1.165) is 29.9 Å². The zero-order valence-electron chi connectivity index (χ0n) is 8.12. The van der Waals surface area contributed by atoms with E-state index in [-0.39, 0.29) is 0 Å². The Morgan fingerprint density at radius 1 is 1.38 bits per heavy atom. The Hall–Kier alpha value is -1.18. The summed E-state index contributed by atoms with van der Waals surface area (Å²) in [5.74, 6) is 0.476. The highest BCUT2D eigenvalue weighted by atomic mass is 14.8. The van der Waals surface area contributed by atoms with Gasteiger partial charge in [-0.25, -0.2) is 0 Å². The van der Waals surface area contributed by atoms with Crippen LogP contribution in [0, 0.1) is 0 Å². The molecule has 1 aromatic heterocycles. The molecule has 0 saturated carbocycles. The van der Waals surface area contributed by atoms with Crippen LogP contribution in [0.15, 0.2) is 12.3 Å². The van der Waals surface area contributed by atoms with E-state index in [2.05, 4.69) is 36.0 Å². The maximum absolute atomic E-state index is 4.60. The van der Waals surface area contributed by atoms with Gasteiger partial charge >= 0.3 is 0 Å². The van der Waals surface area contributed by atoms with Crippen LogP contribution in [0.4, 0.5) is 0 Å². The Bertz CT molecular complexity index is 340. The van der Waals surface area contributed by atoms with Gasteiger partial charge in [0.25, 0.3) is 0 Å². The molecule has 0 aliphatic heterocycles. The first-order valence-electron chi connectivity index (χ1n) is 4.79. The van der Waals surface area contributed by atoms with Gasteiger partial charge in [0.2, 0.25) is 0 Å². The number of hydrogen-bond acceptors (Lipinski definition) is 2. The summed E-state index contributed by atoms with van der Waals surface area (Å²) in [4.78, 5) is 8.99. The highest BCUT2D eigenvalue weighted by Gasteiger charge is 2.09. The summed E-state index contributed by atoms with van der Waals surface area (Å²) in [5, 5.41) is 0. The molecular formula is C11H14N2. The van der Waals surface area contributed by atoms with Crippen molar-refractivity contribution in [3.63, 3.8) is 0 Å². The van der Waals surface area contributed by atoms with Crippen LogP contribution in [0.3, 0.4) is 0 Å². The van der Waals surface area contributed by atoms with Gasteiger partial charge in [-0.15, -0.1) is 0 Å². The number of nitrogens with zero attached hydrogens (tertiary/aromatic N) is 2. The van der Waals surface area contributed by atoms with Gasteiger partial charge in [0.15, 0.2) is 0 Å². The molecule has 1 aliphatic carbocycles. The molecule has 13 heavy (non-hydrogen) atoms. The summed E-state index contributed by atoms with van der Waals surface area (Å²) in [5.41, 5.74) is 3.32. The van der Waals surface area contributed by atoms with Gasteiger partial charge < -0.3 is 0 Å².